The molecule has 0 aromatic carbocycles. The molecule has 0 amide bonds. The summed E-state index contributed by atoms with van der Waals surface area (Å²) in [5.74, 6) is 2.51. The first-order chi connectivity index (χ1) is 9.69. The molecule has 0 saturated carbocycles. The summed E-state index contributed by atoms with van der Waals surface area (Å²) in [6, 6.07) is 2.00. The Morgan fingerprint density at radius 3 is 3.05 bits per heavy atom. The van der Waals surface area contributed by atoms with Crippen LogP contribution in [0.3, 0.4) is 0 Å². The Morgan fingerprint density at radius 1 is 1.45 bits per heavy atom. The van der Waals surface area contributed by atoms with Crippen molar-refractivity contribution in [1.29, 1.82) is 0 Å². The summed E-state index contributed by atoms with van der Waals surface area (Å²) in [6.07, 6.45) is 3.52. The fourth-order valence-electron chi connectivity index (χ4n) is 2.59. The number of nitrogens with zero attached hydrogens (tertiary/aromatic N) is 3. The van der Waals surface area contributed by atoms with Crippen LogP contribution in [0.5, 0.6) is 0 Å². The molecule has 0 aliphatic carbocycles. The van der Waals surface area contributed by atoms with Crippen LogP contribution in [0.1, 0.15) is 31.9 Å². The number of ether oxygens (including phenoxy) is 1. The Hall–Kier alpha value is -1.36. The highest BCUT2D eigenvalue weighted by atomic mass is 16.5. The number of hydrogen-bond acceptors (Lipinski definition) is 5. The van der Waals surface area contributed by atoms with Crippen molar-refractivity contribution in [3.05, 3.63) is 11.8 Å². The lowest BCUT2D eigenvalue weighted by molar-refractivity contribution is 0.198. The lowest BCUT2D eigenvalue weighted by Crippen LogP contribution is -2.35. The van der Waals surface area contributed by atoms with Crippen molar-refractivity contribution in [2.45, 2.75) is 33.1 Å². The number of hydrogen-bond donors (Lipinski definition) is 1. The number of rotatable bonds is 6. The summed E-state index contributed by atoms with van der Waals surface area (Å²) in [7, 11) is 1.73. The minimum Gasteiger partial charge on any atom is -0.385 e. The minimum absolute atomic E-state index is 0.728. The van der Waals surface area contributed by atoms with Gasteiger partial charge in [0.2, 0.25) is 5.95 Å². The van der Waals surface area contributed by atoms with Gasteiger partial charge in [0.05, 0.1) is 0 Å². The highest BCUT2D eigenvalue weighted by molar-refractivity contribution is 5.43. The number of piperidine rings is 1. The maximum atomic E-state index is 5.05. The summed E-state index contributed by atoms with van der Waals surface area (Å²) in [6.45, 7) is 8.10. The number of aryl methyl sites for hydroxylation is 1. The van der Waals surface area contributed by atoms with Crippen LogP contribution in [0.4, 0.5) is 11.8 Å². The molecule has 112 valence electrons. The van der Waals surface area contributed by atoms with Crippen molar-refractivity contribution in [3.63, 3.8) is 0 Å². The third-order valence-electron chi connectivity index (χ3n) is 3.61. The summed E-state index contributed by atoms with van der Waals surface area (Å²) in [5.41, 5.74) is 1.02. The molecule has 1 fully saturated rings. The van der Waals surface area contributed by atoms with Gasteiger partial charge in [0, 0.05) is 45.1 Å². The van der Waals surface area contributed by atoms with E-state index >= 15 is 0 Å². The zero-order valence-electron chi connectivity index (χ0n) is 12.9. The van der Waals surface area contributed by atoms with E-state index in [2.05, 4.69) is 27.1 Å². The predicted molar refractivity (Wildman–Crippen MR) is 82.4 cm³/mol. The maximum Gasteiger partial charge on any atom is 0.227 e. The van der Waals surface area contributed by atoms with Gasteiger partial charge in [0.25, 0.3) is 0 Å². The van der Waals surface area contributed by atoms with E-state index in [9.17, 15) is 0 Å². The van der Waals surface area contributed by atoms with Gasteiger partial charge >= 0.3 is 0 Å². The number of anilines is 2. The molecular formula is C15H26N4O. The molecule has 1 saturated heterocycles. The van der Waals surface area contributed by atoms with Gasteiger partial charge in [-0.1, -0.05) is 6.92 Å². The molecule has 1 N–H and O–H groups in total. The molecule has 0 spiro atoms. The van der Waals surface area contributed by atoms with Crippen LogP contribution >= 0.6 is 0 Å². The van der Waals surface area contributed by atoms with Crippen LogP contribution in [0.25, 0.3) is 0 Å². The number of nitrogens with one attached hydrogen (secondary N) is 1. The molecule has 1 aliphatic rings. The van der Waals surface area contributed by atoms with Crippen molar-refractivity contribution >= 4 is 11.8 Å². The summed E-state index contributed by atoms with van der Waals surface area (Å²) >= 11 is 0. The van der Waals surface area contributed by atoms with Crippen LogP contribution in [0, 0.1) is 12.8 Å². The molecule has 2 heterocycles. The summed E-state index contributed by atoms with van der Waals surface area (Å²) < 4.78 is 5.05. The standard InChI is InChI=1S/C15H26N4O/c1-12-6-4-8-19(11-12)15-17-13(2)10-14(18-15)16-7-5-9-20-3/h10,12H,4-9,11H2,1-3H3,(H,16,17,18). The van der Waals surface area contributed by atoms with Crippen LogP contribution in [0.2, 0.25) is 0 Å². The zero-order valence-corrected chi connectivity index (χ0v) is 12.9. The normalized spacial score (nSPS) is 19.1. The quantitative estimate of drug-likeness (QED) is 0.810. The molecule has 1 aromatic heterocycles. The largest absolute Gasteiger partial charge is 0.385 e. The minimum atomic E-state index is 0.728. The highest BCUT2D eigenvalue weighted by Gasteiger charge is 2.19. The predicted octanol–water partition coefficient (Wildman–Crippen LogP) is 2.47. The van der Waals surface area contributed by atoms with Crippen molar-refractivity contribution in [2.75, 3.05) is 43.6 Å². The fraction of sp³-hybridized carbons (Fsp3) is 0.733. The van der Waals surface area contributed by atoms with Gasteiger partial charge < -0.3 is 15.0 Å². The summed E-state index contributed by atoms with van der Waals surface area (Å²) in [4.78, 5) is 11.5. The van der Waals surface area contributed by atoms with Gasteiger partial charge in [-0.15, -0.1) is 0 Å². The van der Waals surface area contributed by atoms with E-state index in [4.69, 9.17) is 4.74 Å². The number of aromatic nitrogens is 2. The van der Waals surface area contributed by atoms with Crippen molar-refractivity contribution in [2.24, 2.45) is 5.92 Å². The molecule has 20 heavy (non-hydrogen) atoms. The maximum absolute atomic E-state index is 5.05. The average molecular weight is 278 g/mol. The third kappa shape index (κ3) is 4.34. The molecule has 5 nitrogen and oxygen atoms in total. The van der Waals surface area contributed by atoms with Crippen molar-refractivity contribution < 1.29 is 4.74 Å². The molecule has 0 bridgehead atoms. The smallest absolute Gasteiger partial charge is 0.227 e. The van der Waals surface area contributed by atoms with Gasteiger partial charge in [0.1, 0.15) is 5.82 Å². The molecule has 2 rings (SSSR count). The molecule has 0 radical (unpaired) electrons. The van der Waals surface area contributed by atoms with E-state index in [-0.39, 0.29) is 0 Å². The Balaban J connectivity index is 2.00. The van der Waals surface area contributed by atoms with Crippen molar-refractivity contribution in [1.82, 2.24) is 9.97 Å². The second-order valence-electron chi connectivity index (χ2n) is 5.66. The van der Waals surface area contributed by atoms with E-state index in [1.807, 2.05) is 13.0 Å². The van der Waals surface area contributed by atoms with Gasteiger partial charge in [-0.05, 0) is 32.1 Å². The van der Waals surface area contributed by atoms with Crippen LogP contribution in [-0.2, 0) is 4.74 Å². The van der Waals surface area contributed by atoms with E-state index in [1.54, 1.807) is 7.11 Å². The molecule has 1 atom stereocenters. The molecule has 1 aliphatic heterocycles. The Kier molecular flexibility index (Phi) is 5.59. The Bertz CT molecular complexity index is 424. The number of methoxy groups -OCH3 is 1. The third-order valence-corrected chi connectivity index (χ3v) is 3.61. The van der Waals surface area contributed by atoms with Crippen LogP contribution in [0.15, 0.2) is 6.07 Å². The monoisotopic (exact) mass is 278 g/mol. The Morgan fingerprint density at radius 2 is 2.30 bits per heavy atom. The second-order valence-corrected chi connectivity index (χ2v) is 5.66. The van der Waals surface area contributed by atoms with Gasteiger partial charge in [-0.3, -0.25) is 0 Å². The average Bonchev–Trinajstić information content (AvgIpc) is 2.43. The topological polar surface area (TPSA) is 50.3 Å². The molecule has 1 aromatic rings. The molecule has 5 heteroatoms. The van der Waals surface area contributed by atoms with E-state index < -0.39 is 0 Å². The first kappa shape index (κ1) is 15.0. The van der Waals surface area contributed by atoms with Gasteiger partial charge in [-0.2, -0.15) is 4.98 Å². The lowest BCUT2D eigenvalue weighted by atomic mass is 10.0. The SMILES string of the molecule is COCCCNc1cc(C)nc(N2CCCC(C)C2)n1. The van der Waals surface area contributed by atoms with Crippen LogP contribution in [-0.4, -0.2) is 43.3 Å². The van der Waals surface area contributed by atoms with Gasteiger partial charge in [-0.25, -0.2) is 4.98 Å². The van der Waals surface area contributed by atoms with E-state index in [1.165, 1.54) is 12.8 Å². The summed E-state index contributed by atoms with van der Waals surface area (Å²) in [5, 5.41) is 3.35. The molecule has 1 unspecified atom stereocenters. The fourth-order valence-corrected chi connectivity index (χ4v) is 2.59. The first-order valence-electron chi connectivity index (χ1n) is 7.52. The Labute approximate surface area is 121 Å². The van der Waals surface area contributed by atoms with Crippen LogP contribution < -0.4 is 10.2 Å². The lowest BCUT2D eigenvalue weighted by Gasteiger charge is -2.31. The van der Waals surface area contributed by atoms with E-state index in [0.29, 0.717) is 0 Å². The van der Waals surface area contributed by atoms with E-state index in [0.717, 1.165) is 56.0 Å². The molecular weight excluding hydrogens is 252 g/mol. The first-order valence-corrected chi connectivity index (χ1v) is 7.52. The van der Waals surface area contributed by atoms with Gasteiger partial charge in [0.15, 0.2) is 0 Å². The van der Waals surface area contributed by atoms with Crippen molar-refractivity contribution in [3.8, 4) is 0 Å². The second kappa shape index (κ2) is 7.43. The zero-order chi connectivity index (χ0) is 14.4. The highest BCUT2D eigenvalue weighted by Crippen LogP contribution is 2.21.